The predicted molar refractivity (Wildman–Crippen MR) is 101 cm³/mol. The number of rotatable bonds is 4. The number of carbonyl (C=O) groups excluding carboxylic acids is 1. The van der Waals surface area contributed by atoms with Crippen LogP contribution in [0.1, 0.15) is 51.9 Å². The third-order valence-electron chi connectivity index (χ3n) is 6.65. The number of alkyl halides is 3. The van der Waals surface area contributed by atoms with Gasteiger partial charge in [-0.25, -0.2) is 4.79 Å². The van der Waals surface area contributed by atoms with E-state index in [0.29, 0.717) is 25.1 Å². The molecule has 0 aromatic carbocycles. The smallest absolute Gasteiger partial charge is 0.409 e. The van der Waals surface area contributed by atoms with Crippen LogP contribution in [0.15, 0.2) is 0 Å². The lowest BCUT2D eigenvalue weighted by molar-refractivity contribution is -0.150. The molecule has 0 aromatic rings. The third-order valence-corrected chi connectivity index (χ3v) is 6.65. The Morgan fingerprint density at radius 1 is 0.964 bits per heavy atom. The van der Waals surface area contributed by atoms with E-state index in [4.69, 9.17) is 4.74 Å². The highest BCUT2D eigenvalue weighted by Gasteiger charge is 2.40. The fourth-order valence-corrected chi connectivity index (χ4v) is 5.32. The van der Waals surface area contributed by atoms with Crippen molar-refractivity contribution < 1.29 is 22.7 Å². The molecule has 3 fully saturated rings. The maximum absolute atomic E-state index is 12.8. The summed E-state index contributed by atoms with van der Waals surface area (Å²) in [5, 5.41) is 0. The maximum Gasteiger partial charge on any atom is 0.409 e. The quantitative estimate of drug-likeness (QED) is 0.714. The van der Waals surface area contributed by atoms with E-state index >= 15 is 0 Å². The van der Waals surface area contributed by atoms with E-state index in [1.54, 1.807) is 4.90 Å². The molecular formula is C20H34F3N3O2. The highest BCUT2D eigenvalue weighted by atomic mass is 19.4. The molecule has 0 aliphatic carbocycles. The lowest BCUT2D eigenvalue weighted by Gasteiger charge is -2.41. The molecule has 0 saturated carbocycles. The van der Waals surface area contributed by atoms with Crippen molar-refractivity contribution in [3.05, 3.63) is 0 Å². The molecule has 8 heteroatoms. The monoisotopic (exact) mass is 405 g/mol. The van der Waals surface area contributed by atoms with E-state index in [0.717, 1.165) is 71.1 Å². The fourth-order valence-electron chi connectivity index (χ4n) is 5.32. The zero-order valence-electron chi connectivity index (χ0n) is 16.9. The van der Waals surface area contributed by atoms with Gasteiger partial charge in [0.2, 0.25) is 0 Å². The highest BCUT2D eigenvalue weighted by Crippen LogP contribution is 2.34. The summed E-state index contributed by atoms with van der Waals surface area (Å²) >= 11 is 0. The molecule has 3 rings (SSSR count). The van der Waals surface area contributed by atoms with Crippen LogP contribution in [0.3, 0.4) is 0 Å². The second-order valence-electron chi connectivity index (χ2n) is 8.44. The van der Waals surface area contributed by atoms with Gasteiger partial charge < -0.3 is 14.5 Å². The molecule has 1 amide bonds. The molecule has 3 aliphatic rings. The van der Waals surface area contributed by atoms with Gasteiger partial charge in [-0.1, -0.05) is 0 Å². The minimum atomic E-state index is -4.10. The molecule has 2 atom stereocenters. The van der Waals surface area contributed by atoms with Gasteiger partial charge in [0.1, 0.15) is 0 Å². The van der Waals surface area contributed by atoms with Gasteiger partial charge in [0.25, 0.3) is 0 Å². The van der Waals surface area contributed by atoms with Gasteiger partial charge >= 0.3 is 12.3 Å². The molecule has 0 N–H and O–H groups in total. The Labute approximate surface area is 166 Å². The number of nitrogens with zero attached hydrogens (tertiary/aromatic N) is 3. The number of hydrogen-bond acceptors (Lipinski definition) is 4. The van der Waals surface area contributed by atoms with Gasteiger partial charge in [0.05, 0.1) is 13.2 Å². The van der Waals surface area contributed by atoms with Gasteiger partial charge in [-0.2, -0.15) is 13.2 Å². The van der Waals surface area contributed by atoms with E-state index in [9.17, 15) is 18.0 Å². The predicted octanol–water partition coefficient (Wildman–Crippen LogP) is 3.74. The first-order valence-electron chi connectivity index (χ1n) is 10.8. The molecule has 0 spiro atoms. The lowest BCUT2D eigenvalue weighted by atomic mass is 9.87. The summed E-state index contributed by atoms with van der Waals surface area (Å²) in [6.45, 7) is 5.45. The average Bonchev–Trinajstić information content (AvgIpc) is 2.94. The topological polar surface area (TPSA) is 36.0 Å². The number of hydrogen-bond donors (Lipinski definition) is 0. The summed E-state index contributed by atoms with van der Waals surface area (Å²) < 4.78 is 43.6. The summed E-state index contributed by atoms with van der Waals surface area (Å²) in [4.78, 5) is 17.9. The van der Waals surface area contributed by atoms with Gasteiger partial charge in [-0.05, 0) is 77.4 Å². The van der Waals surface area contributed by atoms with Crippen LogP contribution in [0.4, 0.5) is 18.0 Å². The number of piperidine rings is 1. The number of carbonyl (C=O) groups is 1. The molecule has 0 aromatic heterocycles. The van der Waals surface area contributed by atoms with Crippen LogP contribution in [-0.4, -0.2) is 84.9 Å². The largest absolute Gasteiger partial charge is 0.450 e. The summed E-state index contributed by atoms with van der Waals surface area (Å²) in [6, 6.07) is 0.562. The van der Waals surface area contributed by atoms with E-state index < -0.39 is 12.7 Å². The maximum atomic E-state index is 12.8. The average molecular weight is 406 g/mol. The Balaban J connectivity index is 1.47. The Morgan fingerprint density at radius 2 is 1.68 bits per heavy atom. The van der Waals surface area contributed by atoms with Crippen LogP contribution in [0.2, 0.25) is 0 Å². The van der Waals surface area contributed by atoms with E-state index in [-0.39, 0.29) is 12.1 Å². The third kappa shape index (κ3) is 5.75. The number of amides is 1. The van der Waals surface area contributed by atoms with Crippen molar-refractivity contribution in [2.75, 3.05) is 45.9 Å². The summed E-state index contributed by atoms with van der Waals surface area (Å²) in [5.74, 6) is 0.378. The van der Waals surface area contributed by atoms with Crippen molar-refractivity contribution in [2.45, 2.75) is 70.1 Å². The van der Waals surface area contributed by atoms with Crippen LogP contribution in [-0.2, 0) is 4.74 Å². The molecule has 3 saturated heterocycles. The minimum Gasteiger partial charge on any atom is -0.450 e. The molecule has 3 aliphatic heterocycles. The standard InChI is InChI=1S/C20H34F3N3O2/c1-2-28-19(27)25-10-3-5-17(9-14-25)24-12-7-16(8-13-24)18-6-4-11-26(18)15-20(21,22)23/h16-18H,2-15H2,1H3. The van der Waals surface area contributed by atoms with Gasteiger partial charge in [-0.15, -0.1) is 0 Å². The first-order chi connectivity index (χ1) is 13.4. The van der Waals surface area contributed by atoms with Crippen LogP contribution in [0, 0.1) is 5.92 Å². The Hall–Kier alpha value is -1.02. The highest BCUT2D eigenvalue weighted by molar-refractivity contribution is 5.67. The van der Waals surface area contributed by atoms with Crippen molar-refractivity contribution in [3.63, 3.8) is 0 Å². The Kier molecular flexibility index (Phi) is 7.48. The molecule has 0 bridgehead atoms. The molecule has 0 radical (unpaired) electrons. The second kappa shape index (κ2) is 9.65. The number of halogens is 3. The van der Waals surface area contributed by atoms with Crippen LogP contribution in [0.25, 0.3) is 0 Å². The Morgan fingerprint density at radius 3 is 2.36 bits per heavy atom. The zero-order valence-corrected chi connectivity index (χ0v) is 16.9. The molecular weight excluding hydrogens is 371 g/mol. The first-order valence-corrected chi connectivity index (χ1v) is 10.8. The summed E-state index contributed by atoms with van der Waals surface area (Å²) in [5.41, 5.74) is 0. The van der Waals surface area contributed by atoms with Crippen molar-refractivity contribution in [2.24, 2.45) is 5.92 Å². The summed E-state index contributed by atoms with van der Waals surface area (Å²) in [7, 11) is 0. The van der Waals surface area contributed by atoms with Gasteiger partial charge in [0.15, 0.2) is 0 Å². The Bertz CT molecular complexity index is 509. The molecule has 3 heterocycles. The second-order valence-corrected chi connectivity index (χ2v) is 8.44. The SMILES string of the molecule is CCOC(=O)N1CCCC(N2CCC(C3CCCN3CC(F)(F)F)CC2)CC1. The van der Waals surface area contributed by atoms with Crippen LogP contribution >= 0.6 is 0 Å². The molecule has 5 nitrogen and oxygen atoms in total. The fraction of sp³-hybridized carbons (Fsp3) is 0.950. The summed E-state index contributed by atoms with van der Waals surface area (Å²) in [6.07, 6.45) is 2.44. The number of ether oxygens (including phenoxy) is 1. The normalized spacial score (nSPS) is 29.1. The first kappa shape index (κ1) is 21.7. The molecule has 28 heavy (non-hydrogen) atoms. The minimum absolute atomic E-state index is 0.0946. The number of likely N-dealkylation sites (tertiary alicyclic amines) is 3. The zero-order chi connectivity index (χ0) is 20.1. The molecule has 162 valence electrons. The van der Waals surface area contributed by atoms with E-state index in [2.05, 4.69) is 4.90 Å². The van der Waals surface area contributed by atoms with Crippen LogP contribution in [0.5, 0.6) is 0 Å². The van der Waals surface area contributed by atoms with E-state index in [1.165, 1.54) is 0 Å². The van der Waals surface area contributed by atoms with E-state index in [1.807, 2.05) is 11.8 Å². The van der Waals surface area contributed by atoms with Crippen LogP contribution < -0.4 is 0 Å². The van der Waals surface area contributed by atoms with Crippen molar-refractivity contribution in [3.8, 4) is 0 Å². The van der Waals surface area contributed by atoms with Crippen molar-refractivity contribution in [1.29, 1.82) is 0 Å². The molecule has 2 unspecified atom stereocenters. The van der Waals surface area contributed by atoms with Gasteiger partial charge in [-0.3, -0.25) is 4.90 Å². The van der Waals surface area contributed by atoms with Crippen molar-refractivity contribution in [1.82, 2.24) is 14.7 Å². The lowest BCUT2D eigenvalue weighted by Crippen LogP contribution is -2.48. The van der Waals surface area contributed by atoms with Crippen molar-refractivity contribution >= 4 is 6.09 Å². The van der Waals surface area contributed by atoms with Gasteiger partial charge in [0, 0.05) is 25.2 Å².